The number of carbonyl (C=O) groups excluding carboxylic acids is 2. The van der Waals surface area contributed by atoms with Gasteiger partial charge in [0.25, 0.3) is 5.91 Å². The van der Waals surface area contributed by atoms with E-state index < -0.39 is 29.9 Å². The second kappa shape index (κ2) is 7.98. The minimum atomic E-state index is -1.08. The van der Waals surface area contributed by atoms with Gasteiger partial charge in [0, 0.05) is 15.6 Å². The Morgan fingerprint density at radius 3 is 2.19 bits per heavy atom. The van der Waals surface area contributed by atoms with Gasteiger partial charge in [0.05, 0.1) is 22.4 Å². The highest BCUT2D eigenvalue weighted by Crippen LogP contribution is 2.50. The van der Waals surface area contributed by atoms with Crippen molar-refractivity contribution in [3.8, 4) is 5.75 Å². The number of fused-ring (bicyclic) bond motifs is 1. The molecule has 2 heterocycles. The number of amides is 2. The first-order valence-electron chi connectivity index (χ1n) is 9.69. The summed E-state index contributed by atoms with van der Waals surface area (Å²) in [4.78, 5) is 33.9. The molecular formula is C23H15Cl3N2O4. The van der Waals surface area contributed by atoms with Gasteiger partial charge in [-0.1, -0.05) is 53.0 Å². The molecule has 32 heavy (non-hydrogen) atoms. The Bertz CT molecular complexity index is 1220. The van der Waals surface area contributed by atoms with E-state index in [2.05, 4.69) is 0 Å². The lowest BCUT2D eigenvalue weighted by atomic mass is 9.90. The molecule has 5 rings (SSSR count). The van der Waals surface area contributed by atoms with Gasteiger partial charge in [0.2, 0.25) is 5.91 Å². The average Bonchev–Trinajstić information content (AvgIpc) is 3.28. The van der Waals surface area contributed by atoms with Crippen LogP contribution in [-0.4, -0.2) is 23.0 Å². The molecule has 0 radical (unpaired) electrons. The van der Waals surface area contributed by atoms with Crippen LogP contribution in [0.1, 0.15) is 11.6 Å². The van der Waals surface area contributed by atoms with Crippen LogP contribution in [0.5, 0.6) is 5.75 Å². The summed E-state index contributed by atoms with van der Waals surface area (Å²) in [6, 6.07) is 17.5. The first kappa shape index (κ1) is 21.1. The van der Waals surface area contributed by atoms with Crippen molar-refractivity contribution in [1.29, 1.82) is 0 Å². The number of nitrogens with zero attached hydrogens (tertiary/aromatic N) is 2. The lowest BCUT2D eigenvalue weighted by Crippen LogP contribution is -2.37. The zero-order valence-corrected chi connectivity index (χ0v) is 18.6. The summed E-state index contributed by atoms with van der Waals surface area (Å²) < 4.78 is 0. The fourth-order valence-electron chi connectivity index (χ4n) is 4.19. The Morgan fingerprint density at radius 1 is 0.812 bits per heavy atom. The standard InChI is InChI=1S/C23H15Cl3N2O4/c24-12-6-8-14(9-7-12)27-22(30)18-19(16-10-13(25)11-17(26)20(16)29)28(32-21(18)23(27)31)15-4-2-1-3-5-15/h1-11,18-19,21,29H/t18-,19-,21+/m0/s1. The predicted octanol–water partition coefficient (Wildman–Crippen LogP) is 5.40. The topological polar surface area (TPSA) is 70.1 Å². The Balaban J connectivity index is 1.64. The number of aromatic hydroxyl groups is 1. The number of halogens is 3. The van der Waals surface area contributed by atoms with Crippen LogP contribution in [0.25, 0.3) is 0 Å². The summed E-state index contributed by atoms with van der Waals surface area (Å²) in [6.07, 6.45) is -1.08. The van der Waals surface area contributed by atoms with Crippen LogP contribution in [-0.2, 0) is 14.4 Å². The van der Waals surface area contributed by atoms with E-state index in [4.69, 9.17) is 39.6 Å². The van der Waals surface area contributed by atoms with Crippen molar-refractivity contribution < 1.29 is 19.5 Å². The Kier molecular flexibility index (Phi) is 5.26. The van der Waals surface area contributed by atoms with E-state index in [0.29, 0.717) is 16.4 Å². The molecule has 2 aliphatic rings. The number of phenolic OH excluding ortho intramolecular Hbond substituents is 1. The molecule has 0 unspecified atom stereocenters. The molecule has 0 saturated carbocycles. The van der Waals surface area contributed by atoms with Gasteiger partial charge in [-0.15, -0.1) is 0 Å². The van der Waals surface area contributed by atoms with E-state index in [1.165, 1.54) is 17.2 Å². The maximum atomic E-state index is 13.5. The third-order valence-electron chi connectivity index (χ3n) is 5.59. The molecule has 0 aliphatic carbocycles. The van der Waals surface area contributed by atoms with Crippen molar-refractivity contribution in [2.24, 2.45) is 5.92 Å². The van der Waals surface area contributed by atoms with Crippen molar-refractivity contribution in [1.82, 2.24) is 0 Å². The van der Waals surface area contributed by atoms with Crippen LogP contribution in [0, 0.1) is 5.92 Å². The maximum absolute atomic E-state index is 13.5. The molecule has 2 aliphatic heterocycles. The lowest BCUT2D eigenvalue weighted by Gasteiger charge is -2.29. The third kappa shape index (κ3) is 3.31. The van der Waals surface area contributed by atoms with Crippen molar-refractivity contribution in [3.63, 3.8) is 0 Å². The minimum absolute atomic E-state index is 0.0373. The van der Waals surface area contributed by atoms with E-state index in [9.17, 15) is 14.7 Å². The molecule has 2 amide bonds. The van der Waals surface area contributed by atoms with E-state index in [-0.39, 0.29) is 21.4 Å². The lowest BCUT2D eigenvalue weighted by molar-refractivity contribution is -0.126. The van der Waals surface area contributed by atoms with Gasteiger partial charge in [0.15, 0.2) is 6.10 Å². The highest BCUT2D eigenvalue weighted by molar-refractivity contribution is 6.35. The Labute approximate surface area is 198 Å². The van der Waals surface area contributed by atoms with Gasteiger partial charge in [-0.25, -0.2) is 9.96 Å². The molecule has 0 spiro atoms. The number of benzene rings is 3. The quantitative estimate of drug-likeness (QED) is 0.499. The summed E-state index contributed by atoms with van der Waals surface area (Å²) in [5.41, 5.74) is 1.29. The van der Waals surface area contributed by atoms with Crippen LogP contribution in [0.4, 0.5) is 11.4 Å². The van der Waals surface area contributed by atoms with Crippen molar-refractivity contribution >= 4 is 58.0 Å². The van der Waals surface area contributed by atoms with Crippen molar-refractivity contribution in [2.45, 2.75) is 12.1 Å². The van der Waals surface area contributed by atoms with Crippen molar-refractivity contribution in [2.75, 3.05) is 9.96 Å². The van der Waals surface area contributed by atoms with Gasteiger partial charge in [-0.2, -0.15) is 0 Å². The second-order valence-electron chi connectivity index (χ2n) is 7.47. The Hall–Kier alpha value is -2.77. The van der Waals surface area contributed by atoms with E-state index >= 15 is 0 Å². The first-order valence-corrected chi connectivity index (χ1v) is 10.8. The Morgan fingerprint density at radius 2 is 1.50 bits per heavy atom. The number of hydrogen-bond acceptors (Lipinski definition) is 5. The normalized spacial score (nSPS) is 22.5. The summed E-state index contributed by atoms with van der Waals surface area (Å²) in [6.45, 7) is 0. The molecule has 0 bridgehead atoms. The van der Waals surface area contributed by atoms with E-state index in [0.717, 1.165) is 4.90 Å². The maximum Gasteiger partial charge on any atom is 0.266 e. The fourth-order valence-corrected chi connectivity index (χ4v) is 4.82. The number of phenols is 1. The largest absolute Gasteiger partial charge is 0.506 e. The molecule has 3 atom stereocenters. The first-order chi connectivity index (χ1) is 15.4. The zero-order valence-electron chi connectivity index (χ0n) is 16.3. The number of rotatable bonds is 3. The van der Waals surface area contributed by atoms with Crippen LogP contribution < -0.4 is 9.96 Å². The van der Waals surface area contributed by atoms with Crippen LogP contribution >= 0.6 is 34.8 Å². The minimum Gasteiger partial charge on any atom is -0.506 e. The molecule has 3 aromatic carbocycles. The van der Waals surface area contributed by atoms with E-state index in [1.54, 1.807) is 48.5 Å². The van der Waals surface area contributed by atoms with Crippen molar-refractivity contribution in [3.05, 3.63) is 87.4 Å². The molecule has 6 nitrogen and oxygen atoms in total. The van der Waals surface area contributed by atoms with E-state index in [1.807, 2.05) is 6.07 Å². The molecule has 2 fully saturated rings. The van der Waals surface area contributed by atoms with Gasteiger partial charge >= 0.3 is 0 Å². The molecule has 162 valence electrons. The zero-order chi connectivity index (χ0) is 22.6. The van der Waals surface area contributed by atoms with Gasteiger partial charge in [-0.05, 0) is 48.5 Å². The second-order valence-corrected chi connectivity index (χ2v) is 8.75. The monoisotopic (exact) mass is 488 g/mol. The SMILES string of the molecule is O=C1[C@@H]2[C@@H](ON(c3ccccc3)[C@H]2c2cc(Cl)cc(Cl)c2O)C(=O)N1c1ccc(Cl)cc1. The number of para-hydroxylation sites is 1. The van der Waals surface area contributed by atoms with Gasteiger partial charge < -0.3 is 5.11 Å². The molecule has 1 N–H and O–H groups in total. The summed E-state index contributed by atoms with van der Waals surface area (Å²) in [5.74, 6) is -2.12. The van der Waals surface area contributed by atoms with Crippen LogP contribution in [0.15, 0.2) is 66.7 Å². The predicted molar refractivity (Wildman–Crippen MR) is 122 cm³/mol. The third-order valence-corrected chi connectivity index (χ3v) is 6.35. The highest BCUT2D eigenvalue weighted by Gasteiger charge is 2.60. The summed E-state index contributed by atoms with van der Waals surface area (Å²) in [5, 5.41) is 13.0. The van der Waals surface area contributed by atoms with Gasteiger partial charge in [0.1, 0.15) is 11.7 Å². The number of anilines is 2. The molecule has 0 aromatic heterocycles. The summed E-state index contributed by atoms with van der Waals surface area (Å²) >= 11 is 18.3. The highest BCUT2D eigenvalue weighted by atomic mass is 35.5. The van der Waals surface area contributed by atoms with Gasteiger partial charge in [-0.3, -0.25) is 14.4 Å². The van der Waals surface area contributed by atoms with Crippen LogP contribution in [0.2, 0.25) is 15.1 Å². The summed E-state index contributed by atoms with van der Waals surface area (Å²) in [7, 11) is 0. The molecule has 2 saturated heterocycles. The number of carbonyl (C=O) groups is 2. The molecule has 3 aromatic rings. The molecular weight excluding hydrogens is 475 g/mol. The average molecular weight is 490 g/mol. The van der Waals surface area contributed by atoms with Crippen LogP contribution in [0.3, 0.4) is 0 Å². The number of hydrogen-bond donors (Lipinski definition) is 1. The number of imide groups is 1. The number of hydroxylamine groups is 1. The smallest absolute Gasteiger partial charge is 0.266 e. The fraction of sp³-hybridized carbons (Fsp3) is 0.130. The molecule has 9 heteroatoms.